The molecule has 3 rings (SSSR count). The van der Waals surface area contributed by atoms with Gasteiger partial charge in [-0.05, 0) is 46.2 Å². The molecule has 27 heavy (non-hydrogen) atoms. The summed E-state index contributed by atoms with van der Waals surface area (Å²) in [6, 6.07) is 19.7. The summed E-state index contributed by atoms with van der Waals surface area (Å²) in [4.78, 5) is 12.9. The lowest BCUT2D eigenvalue weighted by Crippen LogP contribution is -2.35. The Hall–Kier alpha value is -3.33. The van der Waals surface area contributed by atoms with Gasteiger partial charge in [-0.15, -0.1) is 0 Å². The van der Waals surface area contributed by atoms with Crippen molar-refractivity contribution < 1.29 is 18.0 Å². The molecule has 0 aromatic heterocycles. The maximum absolute atomic E-state index is 12.5. The lowest BCUT2D eigenvalue weighted by Gasteiger charge is -2.19. The Morgan fingerprint density at radius 2 is 1.70 bits per heavy atom. The minimum Gasteiger partial charge on any atom is -0.333 e. The molecule has 6 heteroatoms. The highest BCUT2D eigenvalue weighted by Gasteiger charge is 2.31. The van der Waals surface area contributed by atoms with Gasteiger partial charge >= 0.3 is 6.18 Å². The molecule has 0 saturated heterocycles. The van der Waals surface area contributed by atoms with Crippen LogP contribution in [0.2, 0.25) is 0 Å². The van der Waals surface area contributed by atoms with Gasteiger partial charge in [0.25, 0.3) is 5.91 Å². The minimum atomic E-state index is -4.44. The maximum Gasteiger partial charge on any atom is 0.406 e. The number of amides is 1. The number of carbonyl (C=O) groups is 1. The highest BCUT2D eigenvalue weighted by molar-refractivity contribution is 5.99. The van der Waals surface area contributed by atoms with Crippen LogP contribution in [-0.2, 0) is 0 Å². The average Bonchev–Trinajstić information content (AvgIpc) is 2.65. The number of alkyl halides is 3. The van der Waals surface area contributed by atoms with Crippen LogP contribution in [0.25, 0.3) is 21.9 Å². The molecule has 0 aliphatic rings. The first-order valence-electron chi connectivity index (χ1n) is 8.14. The largest absolute Gasteiger partial charge is 0.406 e. The van der Waals surface area contributed by atoms with Crippen molar-refractivity contribution in [2.24, 2.45) is 0 Å². The number of carbonyl (C=O) groups excluding carboxylic acids is 1. The molecule has 0 atom stereocenters. The van der Waals surface area contributed by atoms with Crippen molar-refractivity contribution in [1.82, 2.24) is 4.90 Å². The van der Waals surface area contributed by atoms with E-state index in [1.165, 1.54) is 6.07 Å². The molecule has 0 unspecified atom stereocenters. The van der Waals surface area contributed by atoms with Gasteiger partial charge in [-0.25, -0.2) is 0 Å². The SMILES string of the molecule is CN(CC(F)(F)F)C(=O)c1ccc2cc(-c3ccccc3C#N)ccc2c1. The summed E-state index contributed by atoms with van der Waals surface area (Å²) in [5.74, 6) is -0.687. The molecule has 3 aromatic carbocycles. The highest BCUT2D eigenvalue weighted by atomic mass is 19.4. The zero-order valence-electron chi connectivity index (χ0n) is 14.4. The van der Waals surface area contributed by atoms with E-state index in [0.29, 0.717) is 10.5 Å². The molecule has 0 spiro atoms. The third-order valence-electron chi connectivity index (χ3n) is 4.21. The average molecular weight is 368 g/mol. The molecule has 0 heterocycles. The fraction of sp³-hybridized carbons (Fsp3) is 0.143. The lowest BCUT2D eigenvalue weighted by atomic mass is 9.97. The number of hydrogen-bond donors (Lipinski definition) is 0. The monoisotopic (exact) mass is 368 g/mol. The molecule has 0 bridgehead atoms. The zero-order valence-corrected chi connectivity index (χ0v) is 14.4. The van der Waals surface area contributed by atoms with Crippen molar-refractivity contribution in [2.75, 3.05) is 13.6 Å². The first-order chi connectivity index (χ1) is 12.8. The molecule has 0 saturated carbocycles. The van der Waals surface area contributed by atoms with Gasteiger partial charge < -0.3 is 4.90 Å². The number of fused-ring (bicyclic) bond motifs is 1. The second-order valence-corrected chi connectivity index (χ2v) is 6.21. The van der Waals surface area contributed by atoms with Crippen LogP contribution in [0, 0.1) is 11.3 Å². The Morgan fingerprint density at radius 1 is 1.04 bits per heavy atom. The lowest BCUT2D eigenvalue weighted by molar-refractivity contribution is -0.138. The summed E-state index contributed by atoms with van der Waals surface area (Å²) < 4.78 is 37.5. The molecule has 1 amide bonds. The van der Waals surface area contributed by atoms with Gasteiger partial charge in [0, 0.05) is 12.6 Å². The Balaban J connectivity index is 1.94. The van der Waals surface area contributed by atoms with Crippen molar-refractivity contribution in [3.05, 3.63) is 71.8 Å². The summed E-state index contributed by atoms with van der Waals surface area (Å²) in [7, 11) is 1.13. The molecule has 0 fully saturated rings. The summed E-state index contributed by atoms with van der Waals surface area (Å²) in [6.45, 7) is -1.30. The molecule has 0 N–H and O–H groups in total. The number of hydrogen-bond acceptors (Lipinski definition) is 2. The smallest absolute Gasteiger partial charge is 0.333 e. The van der Waals surface area contributed by atoms with Crippen LogP contribution in [0.3, 0.4) is 0 Å². The summed E-state index contributed by atoms with van der Waals surface area (Å²) in [5.41, 5.74) is 2.40. The maximum atomic E-state index is 12.5. The van der Waals surface area contributed by atoms with E-state index in [1.807, 2.05) is 24.3 Å². The third-order valence-corrected chi connectivity index (χ3v) is 4.21. The predicted molar refractivity (Wildman–Crippen MR) is 97.1 cm³/mol. The van der Waals surface area contributed by atoms with E-state index in [4.69, 9.17) is 0 Å². The van der Waals surface area contributed by atoms with E-state index in [1.54, 1.807) is 30.3 Å². The number of nitrogens with zero attached hydrogens (tertiary/aromatic N) is 2. The van der Waals surface area contributed by atoms with Crippen LogP contribution in [0.15, 0.2) is 60.7 Å². The number of halogens is 3. The van der Waals surface area contributed by atoms with Crippen LogP contribution < -0.4 is 0 Å². The van der Waals surface area contributed by atoms with Crippen molar-refractivity contribution in [2.45, 2.75) is 6.18 Å². The van der Waals surface area contributed by atoms with Crippen molar-refractivity contribution in [1.29, 1.82) is 5.26 Å². The Labute approximate surface area is 154 Å². The van der Waals surface area contributed by atoms with Gasteiger partial charge in [0.1, 0.15) is 6.54 Å². The van der Waals surface area contributed by atoms with Gasteiger partial charge in [0.2, 0.25) is 0 Å². The molecule has 136 valence electrons. The Kier molecular flexibility index (Phi) is 4.87. The van der Waals surface area contributed by atoms with Gasteiger partial charge in [0.15, 0.2) is 0 Å². The van der Waals surface area contributed by atoms with Gasteiger partial charge in [-0.3, -0.25) is 4.79 Å². The Morgan fingerprint density at radius 3 is 2.41 bits per heavy atom. The molecule has 0 aliphatic heterocycles. The second-order valence-electron chi connectivity index (χ2n) is 6.21. The normalized spacial score (nSPS) is 11.2. The van der Waals surface area contributed by atoms with E-state index in [2.05, 4.69) is 6.07 Å². The number of nitriles is 1. The van der Waals surface area contributed by atoms with Crippen LogP contribution in [-0.4, -0.2) is 30.6 Å². The van der Waals surface area contributed by atoms with Gasteiger partial charge in [0.05, 0.1) is 11.6 Å². The number of benzene rings is 3. The summed E-state index contributed by atoms with van der Waals surface area (Å²) >= 11 is 0. The number of rotatable bonds is 3. The van der Waals surface area contributed by atoms with Gasteiger partial charge in [-0.1, -0.05) is 36.4 Å². The van der Waals surface area contributed by atoms with Crippen molar-refractivity contribution in [3.8, 4) is 17.2 Å². The van der Waals surface area contributed by atoms with Crippen LogP contribution in [0.5, 0.6) is 0 Å². The first-order valence-corrected chi connectivity index (χ1v) is 8.14. The van der Waals surface area contributed by atoms with Crippen molar-refractivity contribution in [3.63, 3.8) is 0 Å². The molecule has 0 aliphatic carbocycles. The van der Waals surface area contributed by atoms with Gasteiger partial charge in [-0.2, -0.15) is 18.4 Å². The minimum absolute atomic E-state index is 0.194. The third kappa shape index (κ3) is 4.09. The topological polar surface area (TPSA) is 44.1 Å². The Bertz CT molecular complexity index is 1050. The predicted octanol–water partition coefficient (Wildman–Crippen LogP) is 5.01. The zero-order chi connectivity index (χ0) is 19.6. The van der Waals surface area contributed by atoms with Crippen LogP contribution in [0.1, 0.15) is 15.9 Å². The standard InChI is InChI=1S/C21H15F3N2O/c1-26(13-21(22,23)24)20(27)17-9-7-14-10-16(8-6-15(14)11-17)19-5-3-2-4-18(19)12-25/h2-11H,13H2,1H3. The van der Waals surface area contributed by atoms with Crippen molar-refractivity contribution >= 4 is 16.7 Å². The summed E-state index contributed by atoms with van der Waals surface area (Å²) in [6.07, 6.45) is -4.44. The van der Waals surface area contributed by atoms with E-state index < -0.39 is 18.6 Å². The van der Waals surface area contributed by atoms with E-state index in [9.17, 15) is 23.2 Å². The van der Waals surface area contributed by atoms with Crippen LogP contribution in [0.4, 0.5) is 13.2 Å². The first kappa shape index (κ1) is 18.5. The molecular formula is C21H15F3N2O. The fourth-order valence-corrected chi connectivity index (χ4v) is 2.94. The quantitative estimate of drug-likeness (QED) is 0.652. The molecular weight excluding hydrogens is 353 g/mol. The highest BCUT2D eigenvalue weighted by Crippen LogP contribution is 2.28. The van der Waals surface area contributed by atoms with E-state index in [-0.39, 0.29) is 5.56 Å². The fourth-order valence-electron chi connectivity index (χ4n) is 2.94. The second kappa shape index (κ2) is 7.12. The van der Waals surface area contributed by atoms with Crippen LogP contribution >= 0.6 is 0 Å². The molecule has 3 aromatic rings. The van der Waals surface area contributed by atoms with E-state index >= 15 is 0 Å². The molecule has 3 nitrogen and oxygen atoms in total. The van der Waals surface area contributed by atoms with E-state index in [0.717, 1.165) is 28.9 Å². The summed E-state index contributed by atoms with van der Waals surface area (Å²) in [5, 5.41) is 10.8. The molecule has 0 radical (unpaired) electrons.